The van der Waals surface area contributed by atoms with E-state index in [2.05, 4.69) is 15.5 Å². The molecular formula is C12H14N4O6. The third-order valence-electron chi connectivity index (χ3n) is 2.24. The van der Waals surface area contributed by atoms with Gasteiger partial charge in [0.15, 0.2) is 5.76 Å². The fourth-order valence-corrected chi connectivity index (χ4v) is 1.43. The van der Waals surface area contributed by atoms with E-state index >= 15 is 0 Å². The van der Waals surface area contributed by atoms with E-state index in [1.54, 1.807) is 20.8 Å². The molecule has 0 spiro atoms. The lowest BCUT2D eigenvalue weighted by Crippen LogP contribution is -2.32. The number of nitrogens with one attached hydrogen (secondary N) is 1. The van der Waals surface area contributed by atoms with E-state index in [-0.39, 0.29) is 24.0 Å². The highest BCUT2D eigenvalue weighted by atomic mass is 16.6. The molecule has 2 aromatic rings. The van der Waals surface area contributed by atoms with E-state index in [1.807, 2.05) is 0 Å². The summed E-state index contributed by atoms with van der Waals surface area (Å²) in [6.45, 7) is 5.17. The lowest BCUT2D eigenvalue weighted by atomic mass is 10.2. The van der Waals surface area contributed by atoms with Crippen molar-refractivity contribution in [1.29, 1.82) is 0 Å². The molecule has 0 aromatic carbocycles. The molecule has 0 atom stereocenters. The largest absolute Gasteiger partial charge is 0.444 e. The van der Waals surface area contributed by atoms with Gasteiger partial charge in [0.05, 0.1) is 6.07 Å². The van der Waals surface area contributed by atoms with Gasteiger partial charge >= 0.3 is 12.0 Å². The van der Waals surface area contributed by atoms with E-state index in [4.69, 9.17) is 13.7 Å². The monoisotopic (exact) mass is 310 g/mol. The van der Waals surface area contributed by atoms with Crippen LogP contribution in [0.15, 0.2) is 21.1 Å². The van der Waals surface area contributed by atoms with E-state index in [0.717, 1.165) is 0 Å². The maximum absolute atomic E-state index is 11.5. The first-order chi connectivity index (χ1) is 10.2. The molecule has 0 bridgehead atoms. The molecule has 0 fully saturated rings. The summed E-state index contributed by atoms with van der Waals surface area (Å²) in [6.07, 6.45) is -0.624. The van der Waals surface area contributed by atoms with Crippen LogP contribution in [0, 0.1) is 10.1 Å². The summed E-state index contributed by atoms with van der Waals surface area (Å²) in [4.78, 5) is 25.3. The molecule has 0 aliphatic heterocycles. The van der Waals surface area contributed by atoms with Crippen molar-refractivity contribution >= 4 is 12.0 Å². The second kappa shape index (κ2) is 5.84. The molecule has 2 aromatic heterocycles. The maximum Gasteiger partial charge on any atom is 0.433 e. The Morgan fingerprint density at radius 3 is 2.77 bits per heavy atom. The quantitative estimate of drug-likeness (QED) is 0.671. The first-order valence-corrected chi connectivity index (χ1v) is 6.28. The number of hydrogen-bond acceptors (Lipinski definition) is 8. The Balaban J connectivity index is 1.96. The van der Waals surface area contributed by atoms with Gasteiger partial charge < -0.3 is 19.0 Å². The third-order valence-corrected chi connectivity index (χ3v) is 2.24. The topological polar surface area (TPSA) is 134 Å². The van der Waals surface area contributed by atoms with E-state index < -0.39 is 22.5 Å². The highest BCUT2D eigenvalue weighted by molar-refractivity contribution is 5.67. The van der Waals surface area contributed by atoms with Crippen LogP contribution in [0.5, 0.6) is 0 Å². The van der Waals surface area contributed by atoms with E-state index in [0.29, 0.717) is 0 Å². The Labute approximate surface area is 124 Å². The minimum atomic E-state index is -0.672. The Hall–Kier alpha value is -2.91. The summed E-state index contributed by atoms with van der Waals surface area (Å²) in [7, 11) is 0. The number of furan rings is 1. The lowest BCUT2D eigenvalue weighted by molar-refractivity contribution is -0.401. The summed E-state index contributed by atoms with van der Waals surface area (Å²) in [6, 6.07) is 2.54. The molecule has 0 unspecified atom stereocenters. The molecule has 0 aliphatic carbocycles. The number of nitrogens with zero attached hydrogens (tertiary/aromatic N) is 3. The fraction of sp³-hybridized carbons (Fsp3) is 0.417. The van der Waals surface area contributed by atoms with Crippen LogP contribution in [0.4, 0.5) is 10.7 Å². The number of carbonyl (C=O) groups excluding carboxylic acids is 1. The summed E-state index contributed by atoms with van der Waals surface area (Å²) in [5, 5.41) is 16.6. The number of aromatic nitrogens is 2. The number of hydrogen-bond donors (Lipinski definition) is 1. The van der Waals surface area contributed by atoms with Gasteiger partial charge in [-0.1, -0.05) is 5.16 Å². The highest BCUT2D eigenvalue weighted by Gasteiger charge is 2.19. The zero-order valence-corrected chi connectivity index (χ0v) is 12.2. The van der Waals surface area contributed by atoms with Gasteiger partial charge in [-0.3, -0.25) is 10.1 Å². The van der Waals surface area contributed by atoms with Crippen LogP contribution in [-0.2, 0) is 11.3 Å². The highest BCUT2D eigenvalue weighted by Crippen LogP contribution is 2.23. The van der Waals surface area contributed by atoms with Crippen LogP contribution in [0.1, 0.15) is 26.7 Å². The summed E-state index contributed by atoms with van der Waals surface area (Å²) < 4.78 is 14.9. The molecule has 2 heterocycles. The SMILES string of the molecule is CC(C)(C)OC(=O)NCc1nc(-c2ccc([N+](=O)[O-])o2)no1. The molecule has 10 nitrogen and oxygen atoms in total. The van der Waals surface area contributed by atoms with Crippen molar-refractivity contribution < 1.29 is 23.4 Å². The van der Waals surface area contributed by atoms with Crippen molar-refractivity contribution in [2.75, 3.05) is 0 Å². The molecule has 1 N–H and O–H groups in total. The Morgan fingerprint density at radius 2 is 2.18 bits per heavy atom. The zero-order valence-electron chi connectivity index (χ0n) is 12.2. The van der Waals surface area contributed by atoms with Crippen LogP contribution in [0.3, 0.4) is 0 Å². The molecule has 2 rings (SSSR count). The summed E-state index contributed by atoms with van der Waals surface area (Å²) in [5.41, 5.74) is -0.614. The molecule has 0 saturated carbocycles. The van der Waals surface area contributed by atoms with Gasteiger partial charge in [0.2, 0.25) is 11.7 Å². The third kappa shape index (κ3) is 4.04. The number of alkyl carbamates (subject to hydrolysis) is 1. The van der Waals surface area contributed by atoms with Crippen LogP contribution >= 0.6 is 0 Å². The normalized spacial score (nSPS) is 11.2. The average Bonchev–Trinajstić information content (AvgIpc) is 3.03. The van der Waals surface area contributed by atoms with Crippen molar-refractivity contribution in [2.24, 2.45) is 0 Å². The smallest absolute Gasteiger partial charge is 0.433 e. The molecule has 0 aliphatic rings. The Morgan fingerprint density at radius 1 is 1.45 bits per heavy atom. The van der Waals surface area contributed by atoms with Crippen molar-refractivity contribution in [2.45, 2.75) is 32.9 Å². The lowest BCUT2D eigenvalue weighted by Gasteiger charge is -2.19. The maximum atomic E-state index is 11.5. The molecular weight excluding hydrogens is 296 g/mol. The Bertz CT molecular complexity index is 684. The predicted octanol–water partition coefficient (Wildman–Crippen LogP) is 2.26. The second-order valence-electron chi connectivity index (χ2n) is 5.26. The van der Waals surface area contributed by atoms with Gasteiger partial charge in [-0.25, -0.2) is 4.79 Å². The summed E-state index contributed by atoms with van der Waals surface area (Å²) in [5.74, 6) is -0.166. The fourth-order valence-electron chi connectivity index (χ4n) is 1.43. The molecule has 22 heavy (non-hydrogen) atoms. The standard InChI is InChI=1S/C12H14N4O6/c1-12(2,3)21-11(17)13-6-8-14-10(15-22-8)7-4-5-9(20-7)16(18)19/h4-5H,6H2,1-3H3,(H,13,17). The molecule has 10 heteroatoms. The zero-order chi connectivity index (χ0) is 16.3. The average molecular weight is 310 g/mol. The summed E-state index contributed by atoms with van der Waals surface area (Å²) >= 11 is 0. The number of carbonyl (C=O) groups is 1. The van der Waals surface area contributed by atoms with Gasteiger partial charge in [-0.15, -0.1) is 0 Å². The van der Waals surface area contributed by atoms with Crippen LogP contribution in [0.2, 0.25) is 0 Å². The van der Waals surface area contributed by atoms with Gasteiger partial charge in [0, 0.05) is 0 Å². The van der Waals surface area contributed by atoms with Crippen LogP contribution in [-0.4, -0.2) is 26.8 Å². The molecule has 1 amide bonds. The number of rotatable bonds is 4. The van der Waals surface area contributed by atoms with E-state index in [1.165, 1.54) is 12.1 Å². The van der Waals surface area contributed by atoms with Gasteiger partial charge in [-0.2, -0.15) is 4.98 Å². The second-order valence-corrected chi connectivity index (χ2v) is 5.26. The van der Waals surface area contributed by atoms with Gasteiger partial charge in [0.1, 0.15) is 17.1 Å². The van der Waals surface area contributed by atoms with E-state index in [9.17, 15) is 14.9 Å². The van der Waals surface area contributed by atoms with Crippen LogP contribution in [0.25, 0.3) is 11.6 Å². The van der Waals surface area contributed by atoms with Crippen molar-refractivity contribution in [3.05, 3.63) is 28.1 Å². The van der Waals surface area contributed by atoms with Gasteiger partial charge in [-0.05, 0) is 26.8 Å². The first kappa shape index (κ1) is 15.5. The minimum absolute atomic E-state index is 0.0370. The first-order valence-electron chi connectivity index (χ1n) is 6.28. The molecule has 0 radical (unpaired) electrons. The molecule has 0 saturated heterocycles. The minimum Gasteiger partial charge on any atom is -0.444 e. The predicted molar refractivity (Wildman–Crippen MR) is 71.7 cm³/mol. The van der Waals surface area contributed by atoms with Crippen LogP contribution < -0.4 is 5.32 Å². The number of amides is 1. The number of nitro groups is 1. The molecule has 118 valence electrons. The van der Waals surface area contributed by atoms with Crippen molar-refractivity contribution in [1.82, 2.24) is 15.5 Å². The number of ether oxygens (including phenoxy) is 1. The van der Waals surface area contributed by atoms with Gasteiger partial charge in [0.25, 0.3) is 0 Å². The Kier molecular flexibility index (Phi) is 4.11. The van der Waals surface area contributed by atoms with Crippen molar-refractivity contribution in [3.63, 3.8) is 0 Å². The van der Waals surface area contributed by atoms with Crippen molar-refractivity contribution in [3.8, 4) is 11.6 Å².